The zero-order chi connectivity index (χ0) is 17.6. The van der Waals surface area contributed by atoms with Crippen LogP contribution >= 0.6 is 23.7 Å². The second-order valence-electron chi connectivity index (χ2n) is 6.85. The number of rotatable bonds is 6. The standard InChI is InChI=1S/C20H26N2O2S.ClH/c1-15-11-17(7-9-21-15)20(24)22(12-16-5-3-2-4-6-16)13-19(23)18-8-10-25-14-18;/h2-6,8,10,14-15,17,19,21,23H,7,9,11-13H2,1H3;1H/t15-,17-,19?;/m0./s1. The number of carbonyl (C=O) groups excluding carboxylic acids is 1. The number of benzene rings is 1. The fraction of sp³-hybridized carbons (Fsp3) is 0.450. The molecule has 1 aliphatic rings. The van der Waals surface area contributed by atoms with Crippen LogP contribution in [0.2, 0.25) is 0 Å². The van der Waals surface area contributed by atoms with Crippen LogP contribution in [0.1, 0.15) is 37.0 Å². The Morgan fingerprint density at radius 1 is 1.35 bits per heavy atom. The molecule has 0 aliphatic carbocycles. The van der Waals surface area contributed by atoms with Crippen LogP contribution in [0.3, 0.4) is 0 Å². The van der Waals surface area contributed by atoms with Crippen molar-refractivity contribution in [3.8, 4) is 0 Å². The minimum Gasteiger partial charge on any atom is -0.387 e. The van der Waals surface area contributed by atoms with Gasteiger partial charge in [0.25, 0.3) is 0 Å². The summed E-state index contributed by atoms with van der Waals surface area (Å²) in [7, 11) is 0. The molecule has 0 saturated carbocycles. The zero-order valence-electron chi connectivity index (χ0n) is 15.0. The molecule has 26 heavy (non-hydrogen) atoms. The molecule has 2 heterocycles. The first-order chi connectivity index (χ1) is 12.1. The van der Waals surface area contributed by atoms with Crippen molar-refractivity contribution in [1.82, 2.24) is 10.2 Å². The third kappa shape index (κ3) is 5.55. The SMILES string of the molecule is C[C@H]1C[C@@H](C(=O)N(Cc2ccccc2)CC(O)c2ccsc2)CCN1.Cl. The van der Waals surface area contributed by atoms with Crippen LogP contribution in [0.25, 0.3) is 0 Å². The summed E-state index contributed by atoms with van der Waals surface area (Å²) in [6, 6.07) is 12.3. The number of thiophene rings is 1. The van der Waals surface area contributed by atoms with Crippen molar-refractivity contribution in [2.75, 3.05) is 13.1 Å². The maximum absolute atomic E-state index is 13.1. The van der Waals surface area contributed by atoms with E-state index in [1.165, 1.54) is 0 Å². The monoisotopic (exact) mass is 394 g/mol. The highest BCUT2D eigenvalue weighted by Crippen LogP contribution is 2.23. The van der Waals surface area contributed by atoms with Gasteiger partial charge in [0.05, 0.1) is 12.6 Å². The van der Waals surface area contributed by atoms with Gasteiger partial charge < -0.3 is 15.3 Å². The van der Waals surface area contributed by atoms with Gasteiger partial charge in [-0.25, -0.2) is 0 Å². The highest BCUT2D eigenvalue weighted by molar-refractivity contribution is 7.07. The van der Waals surface area contributed by atoms with Crippen LogP contribution in [0.15, 0.2) is 47.2 Å². The van der Waals surface area contributed by atoms with Gasteiger partial charge in [-0.05, 0) is 54.3 Å². The molecule has 3 rings (SSSR count). The molecule has 1 saturated heterocycles. The van der Waals surface area contributed by atoms with E-state index in [4.69, 9.17) is 0 Å². The van der Waals surface area contributed by atoms with Gasteiger partial charge in [-0.1, -0.05) is 30.3 Å². The van der Waals surface area contributed by atoms with Crippen LogP contribution in [-0.4, -0.2) is 35.0 Å². The van der Waals surface area contributed by atoms with E-state index in [0.29, 0.717) is 19.1 Å². The van der Waals surface area contributed by atoms with Gasteiger partial charge in [0.15, 0.2) is 0 Å². The molecule has 0 bridgehead atoms. The number of amides is 1. The summed E-state index contributed by atoms with van der Waals surface area (Å²) in [6.45, 7) is 3.88. The lowest BCUT2D eigenvalue weighted by Gasteiger charge is -2.33. The maximum Gasteiger partial charge on any atom is 0.226 e. The molecule has 142 valence electrons. The van der Waals surface area contributed by atoms with Crippen molar-refractivity contribution in [3.05, 3.63) is 58.3 Å². The summed E-state index contributed by atoms with van der Waals surface area (Å²) in [5.41, 5.74) is 1.98. The fourth-order valence-electron chi connectivity index (χ4n) is 3.43. The van der Waals surface area contributed by atoms with Crippen molar-refractivity contribution in [2.24, 2.45) is 5.92 Å². The molecular formula is C20H27ClN2O2S. The number of hydrogen-bond donors (Lipinski definition) is 2. The first-order valence-electron chi connectivity index (χ1n) is 8.89. The zero-order valence-corrected chi connectivity index (χ0v) is 16.6. The third-order valence-electron chi connectivity index (χ3n) is 4.82. The van der Waals surface area contributed by atoms with Crippen LogP contribution in [0, 0.1) is 5.92 Å². The highest BCUT2D eigenvalue weighted by Gasteiger charge is 2.29. The molecule has 4 nitrogen and oxygen atoms in total. The van der Waals surface area contributed by atoms with Gasteiger partial charge in [-0.3, -0.25) is 4.79 Å². The Morgan fingerprint density at radius 2 is 2.12 bits per heavy atom. The lowest BCUT2D eigenvalue weighted by Crippen LogP contribution is -2.45. The van der Waals surface area contributed by atoms with Crippen LogP contribution in [0.5, 0.6) is 0 Å². The molecular weight excluding hydrogens is 368 g/mol. The van der Waals surface area contributed by atoms with Crippen LogP contribution in [0.4, 0.5) is 0 Å². The van der Waals surface area contributed by atoms with E-state index in [1.807, 2.05) is 52.1 Å². The topological polar surface area (TPSA) is 52.6 Å². The Labute approximate surface area is 165 Å². The van der Waals surface area contributed by atoms with Crippen molar-refractivity contribution in [1.29, 1.82) is 0 Å². The number of halogens is 1. The smallest absolute Gasteiger partial charge is 0.226 e. The average molecular weight is 395 g/mol. The summed E-state index contributed by atoms with van der Waals surface area (Å²) in [5, 5.41) is 17.9. The van der Waals surface area contributed by atoms with Crippen molar-refractivity contribution in [3.63, 3.8) is 0 Å². The minimum atomic E-state index is -0.641. The number of carbonyl (C=O) groups is 1. The molecule has 1 aromatic heterocycles. The van der Waals surface area contributed by atoms with E-state index in [2.05, 4.69) is 12.2 Å². The Kier molecular flexibility index (Phi) is 8.10. The molecule has 0 spiro atoms. The number of piperidine rings is 1. The molecule has 0 radical (unpaired) electrons. The fourth-order valence-corrected chi connectivity index (χ4v) is 4.14. The first-order valence-corrected chi connectivity index (χ1v) is 9.84. The van der Waals surface area contributed by atoms with Gasteiger partial charge >= 0.3 is 0 Å². The minimum absolute atomic E-state index is 0. The number of hydrogen-bond acceptors (Lipinski definition) is 4. The summed E-state index contributed by atoms with van der Waals surface area (Å²) in [5.74, 6) is 0.195. The van der Waals surface area contributed by atoms with Gasteiger partial charge in [-0.2, -0.15) is 11.3 Å². The second kappa shape index (κ2) is 10.1. The molecule has 1 unspecified atom stereocenters. The van der Waals surface area contributed by atoms with Gasteiger partial charge in [0.1, 0.15) is 0 Å². The third-order valence-corrected chi connectivity index (χ3v) is 5.52. The number of aliphatic hydroxyl groups is 1. The van der Waals surface area contributed by atoms with E-state index >= 15 is 0 Å². The lowest BCUT2D eigenvalue weighted by molar-refractivity contribution is -0.139. The molecule has 3 atom stereocenters. The summed E-state index contributed by atoms with van der Waals surface area (Å²) in [6.07, 6.45) is 1.08. The van der Waals surface area contributed by atoms with E-state index < -0.39 is 6.10 Å². The van der Waals surface area contributed by atoms with E-state index in [9.17, 15) is 9.90 Å². The lowest BCUT2D eigenvalue weighted by atomic mass is 9.91. The number of aliphatic hydroxyl groups excluding tert-OH is 1. The predicted octanol–water partition coefficient (Wildman–Crippen LogP) is 3.62. The van der Waals surface area contributed by atoms with Crippen molar-refractivity contribution in [2.45, 2.75) is 38.5 Å². The van der Waals surface area contributed by atoms with E-state index in [1.54, 1.807) is 11.3 Å². The van der Waals surface area contributed by atoms with E-state index in [-0.39, 0.29) is 24.2 Å². The van der Waals surface area contributed by atoms with Gasteiger partial charge in [-0.15, -0.1) is 12.4 Å². The van der Waals surface area contributed by atoms with Gasteiger partial charge in [0.2, 0.25) is 5.91 Å². The molecule has 1 aromatic carbocycles. The average Bonchev–Trinajstić information content (AvgIpc) is 3.16. The normalized spacial score (nSPS) is 20.8. The number of nitrogens with one attached hydrogen (secondary N) is 1. The summed E-state index contributed by atoms with van der Waals surface area (Å²) in [4.78, 5) is 15.0. The molecule has 2 N–H and O–H groups in total. The summed E-state index contributed by atoms with van der Waals surface area (Å²) >= 11 is 1.56. The van der Waals surface area contributed by atoms with Crippen molar-refractivity contribution >= 4 is 29.7 Å². The Morgan fingerprint density at radius 3 is 2.77 bits per heavy atom. The maximum atomic E-state index is 13.1. The molecule has 6 heteroatoms. The summed E-state index contributed by atoms with van der Waals surface area (Å²) < 4.78 is 0. The molecule has 2 aromatic rings. The van der Waals surface area contributed by atoms with Crippen LogP contribution in [-0.2, 0) is 11.3 Å². The van der Waals surface area contributed by atoms with Gasteiger partial charge in [0, 0.05) is 18.5 Å². The molecule has 1 aliphatic heterocycles. The Balaban J connectivity index is 0.00000243. The highest BCUT2D eigenvalue weighted by atomic mass is 35.5. The Hall–Kier alpha value is -1.40. The molecule has 1 amide bonds. The predicted molar refractivity (Wildman–Crippen MR) is 109 cm³/mol. The Bertz CT molecular complexity index is 666. The largest absolute Gasteiger partial charge is 0.387 e. The second-order valence-corrected chi connectivity index (χ2v) is 7.63. The van der Waals surface area contributed by atoms with Crippen molar-refractivity contribution < 1.29 is 9.90 Å². The quantitative estimate of drug-likeness (QED) is 0.786. The first kappa shape index (κ1) is 20.9. The van der Waals surface area contributed by atoms with Crippen LogP contribution < -0.4 is 5.32 Å². The molecule has 1 fully saturated rings. The number of nitrogens with zero attached hydrogens (tertiary/aromatic N) is 1. The van der Waals surface area contributed by atoms with E-state index in [0.717, 1.165) is 30.5 Å².